The van der Waals surface area contributed by atoms with E-state index in [4.69, 9.17) is 11.6 Å². The van der Waals surface area contributed by atoms with Gasteiger partial charge in [-0.2, -0.15) is 5.10 Å². The maximum Gasteiger partial charge on any atom is 0.244 e. The first-order chi connectivity index (χ1) is 16.5. The van der Waals surface area contributed by atoms with Crippen LogP contribution in [0.25, 0.3) is 22.2 Å². The van der Waals surface area contributed by atoms with Gasteiger partial charge in [0.2, 0.25) is 5.91 Å². The van der Waals surface area contributed by atoms with Crippen molar-refractivity contribution < 1.29 is 9.18 Å². The topological polar surface area (TPSA) is 54.3 Å². The highest BCUT2D eigenvalue weighted by molar-refractivity contribution is 6.31. The molecule has 5 rings (SSSR count). The van der Waals surface area contributed by atoms with Gasteiger partial charge in [-0.05, 0) is 41.8 Å². The number of hydrogen-bond acceptors (Lipinski definition) is 4. The third-order valence-corrected chi connectivity index (χ3v) is 6.66. The SMILES string of the molecule is Cc1nn(CC(=O)N2CCN(Cc3ccc(F)cc3Cl)CC2)c2nccc(-c3ccccc3)c12. The maximum absolute atomic E-state index is 13.3. The number of aromatic nitrogens is 3. The van der Waals surface area contributed by atoms with Crippen molar-refractivity contribution in [3.63, 3.8) is 0 Å². The van der Waals surface area contributed by atoms with Crippen LogP contribution in [0.5, 0.6) is 0 Å². The number of aryl methyl sites for hydroxylation is 1. The highest BCUT2D eigenvalue weighted by Crippen LogP contribution is 2.29. The molecule has 3 heterocycles. The number of piperazine rings is 1. The Hall–Kier alpha value is -3.29. The Balaban J connectivity index is 1.27. The van der Waals surface area contributed by atoms with Crippen molar-refractivity contribution in [1.29, 1.82) is 0 Å². The summed E-state index contributed by atoms with van der Waals surface area (Å²) in [5.41, 5.74) is 4.63. The van der Waals surface area contributed by atoms with Crippen molar-refractivity contribution in [2.75, 3.05) is 26.2 Å². The zero-order chi connectivity index (χ0) is 23.7. The molecule has 0 unspecified atom stereocenters. The summed E-state index contributed by atoms with van der Waals surface area (Å²) in [6.07, 6.45) is 1.77. The maximum atomic E-state index is 13.3. The van der Waals surface area contributed by atoms with E-state index >= 15 is 0 Å². The molecule has 34 heavy (non-hydrogen) atoms. The summed E-state index contributed by atoms with van der Waals surface area (Å²) in [5, 5.41) is 6.06. The van der Waals surface area contributed by atoms with Crippen LogP contribution in [0.4, 0.5) is 4.39 Å². The third-order valence-electron chi connectivity index (χ3n) is 6.31. The van der Waals surface area contributed by atoms with E-state index in [1.807, 2.05) is 36.1 Å². The van der Waals surface area contributed by atoms with Gasteiger partial charge in [-0.25, -0.2) is 14.1 Å². The molecule has 8 heteroatoms. The van der Waals surface area contributed by atoms with E-state index in [-0.39, 0.29) is 18.3 Å². The van der Waals surface area contributed by atoms with E-state index in [1.54, 1.807) is 16.9 Å². The number of carbonyl (C=O) groups is 1. The number of fused-ring (bicyclic) bond motifs is 1. The molecule has 1 aliphatic rings. The Labute approximate surface area is 202 Å². The summed E-state index contributed by atoms with van der Waals surface area (Å²) < 4.78 is 15.0. The van der Waals surface area contributed by atoms with Gasteiger partial charge in [0.05, 0.1) is 5.69 Å². The van der Waals surface area contributed by atoms with Crippen molar-refractivity contribution in [3.05, 3.63) is 82.9 Å². The molecule has 6 nitrogen and oxygen atoms in total. The second-order valence-electron chi connectivity index (χ2n) is 8.56. The number of nitrogens with zero attached hydrogens (tertiary/aromatic N) is 5. The fraction of sp³-hybridized carbons (Fsp3) is 0.269. The number of hydrogen-bond donors (Lipinski definition) is 0. The van der Waals surface area contributed by atoms with Gasteiger partial charge in [-0.1, -0.05) is 48.0 Å². The molecular weight excluding hydrogens is 453 g/mol. The van der Waals surface area contributed by atoms with E-state index < -0.39 is 0 Å². The van der Waals surface area contributed by atoms with Crippen molar-refractivity contribution in [1.82, 2.24) is 24.6 Å². The van der Waals surface area contributed by atoms with Crippen LogP contribution in [0.15, 0.2) is 60.8 Å². The number of halogens is 2. The molecule has 0 saturated carbocycles. The van der Waals surface area contributed by atoms with Crippen LogP contribution >= 0.6 is 11.6 Å². The van der Waals surface area contributed by atoms with Gasteiger partial charge in [0.15, 0.2) is 5.65 Å². The van der Waals surface area contributed by atoms with Gasteiger partial charge in [-0.3, -0.25) is 9.69 Å². The molecule has 0 bridgehead atoms. The lowest BCUT2D eigenvalue weighted by atomic mass is 10.0. The molecule has 1 fully saturated rings. The minimum absolute atomic E-state index is 0.0239. The minimum atomic E-state index is -0.337. The first kappa shape index (κ1) is 22.5. The van der Waals surface area contributed by atoms with Gasteiger partial charge < -0.3 is 4.90 Å². The van der Waals surface area contributed by atoms with E-state index in [2.05, 4.69) is 27.1 Å². The third kappa shape index (κ3) is 4.54. The molecule has 1 aliphatic heterocycles. The largest absolute Gasteiger partial charge is 0.339 e. The minimum Gasteiger partial charge on any atom is -0.339 e. The Morgan fingerprint density at radius 1 is 1.06 bits per heavy atom. The molecule has 0 radical (unpaired) electrons. The summed E-state index contributed by atoms with van der Waals surface area (Å²) in [5.74, 6) is -0.313. The van der Waals surface area contributed by atoms with Gasteiger partial charge >= 0.3 is 0 Å². The second kappa shape index (κ2) is 9.52. The molecule has 0 aliphatic carbocycles. The molecule has 4 aromatic rings. The zero-order valence-corrected chi connectivity index (χ0v) is 19.7. The van der Waals surface area contributed by atoms with Gasteiger partial charge in [0.25, 0.3) is 0 Å². The lowest BCUT2D eigenvalue weighted by Gasteiger charge is -2.35. The number of amides is 1. The fourth-order valence-electron chi connectivity index (χ4n) is 4.52. The lowest BCUT2D eigenvalue weighted by molar-refractivity contribution is -0.133. The first-order valence-electron chi connectivity index (χ1n) is 11.3. The monoisotopic (exact) mass is 477 g/mol. The lowest BCUT2D eigenvalue weighted by Crippen LogP contribution is -2.49. The molecule has 1 amide bonds. The van der Waals surface area contributed by atoms with Crippen LogP contribution in [0.3, 0.4) is 0 Å². The first-order valence-corrected chi connectivity index (χ1v) is 11.7. The van der Waals surface area contributed by atoms with E-state index in [0.29, 0.717) is 24.7 Å². The predicted octanol–water partition coefficient (Wildman–Crippen LogP) is 4.54. The Kier molecular flexibility index (Phi) is 6.30. The molecule has 1 saturated heterocycles. The molecular formula is C26H25ClFN5O. The normalized spacial score (nSPS) is 14.6. The number of rotatable bonds is 5. The standard InChI is InChI=1S/C26H25ClFN5O/c1-18-25-22(19-5-3-2-4-6-19)9-10-29-26(25)33(30-18)17-24(34)32-13-11-31(12-14-32)16-20-7-8-21(28)15-23(20)27/h2-10,15H,11-14,16-17H2,1H3. The summed E-state index contributed by atoms with van der Waals surface area (Å²) in [6, 6.07) is 16.6. The number of carbonyl (C=O) groups excluding carboxylic acids is 1. The Bertz CT molecular complexity index is 1330. The summed E-state index contributed by atoms with van der Waals surface area (Å²) >= 11 is 6.17. The molecule has 2 aromatic heterocycles. The van der Waals surface area contributed by atoms with Crippen molar-refractivity contribution >= 4 is 28.5 Å². The molecule has 0 atom stereocenters. The summed E-state index contributed by atoms with van der Waals surface area (Å²) in [6.45, 7) is 5.45. The van der Waals surface area contributed by atoms with Crippen molar-refractivity contribution in [3.8, 4) is 11.1 Å². The molecule has 2 aromatic carbocycles. The van der Waals surface area contributed by atoms with Crippen LogP contribution in [0.2, 0.25) is 5.02 Å². The predicted molar refractivity (Wildman–Crippen MR) is 131 cm³/mol. The highest BCUT2D eigenvalue weighted by atomic mass is 35.5. The van der Waals surface area contributed by atoms with Crippen LogP contribution < -0.4 is 0 Å². The Morgan fingerprint density at radius 3 is 2.56 bits per heavy atom. The van der Waals surface area contributed by atoms with Crippen LogP contribution in [0, 0.1) is 12.7 Å². The molecule has 0 N–H and O–H groups in total. The smallest absolute Gasteiger partial charge is 0.244 e. The summed E-state index contributed by atoms with van der Waals surface area (Å²) in [7, 11) is 0. The van der Waals surface area contributed by atoms with Crippen molar-refractivity contribution in [2.45, 2.75) is 20.0 Å². The summed E-state index contributed by atoms with van der Waals surface area (Å²) in [4.78, 5) is 21.7. The van der Waals surface area contributed by atoms with Gasteiger partial charge in [0, 0.05) is 49.3 Å². The highest BCUT2D eigenvalue weighted by Gasteiger charge is 2.23. The molecule has 174 valence electrons. The fourth-order valence-corrected chi connectivity index (χ4v) is 4.75. The van der Waals surface area contributed by atoms with Crippen LogP contribution in [-0.4, -0.2) is 56.7 Å². The van der Waals surface area contributed by atoms with Crippen molar-refractivity contribution in [2.24, 2.45) is 0 Å². The second-order valence-corrected chi connectivity index (χ2v) is 8.97. The van der Waals surface area contributed by atoms with Crippen LogP contribution in [-0.2, 0) is 17.9 Å². The van der Waals surface area contributed by atoms with E-state index in [0.717, 1.165) is 46.5 Å². The average Bonchev–Trinajstić information content (AvgIpc) is 3.17. The van der Waals surface area contributed by atoms with Crippen LogP contribution in [0.1, 0.15) is 11.3 Å². The van der Waals surface area contributed by atoms with Gasteiger partial charge in [-0.15, -0.1) is 0 Å². The molecule has 0 spiro atoms. The quantitative estimate of drug-likeness (QED) is 0.423. The average molecular weight is 478 g/mol. The Morgan fingerprint density at radius 2 is 1.82 bits per heavy atom. The zero-order valence-electron chi connectivity index (χ0n) is 18.9. The number of benzene rings is 2. The van der Waals surface area contributed by atoms with E-state index in [9.17, 15) is 9.18 Å². The van der Waals surface area contributed by atoms with E-state index in [1.165, 1.54) is 12.1 Å². The van der Waals surface area contributed by atoms with Gasteiger partial charge in [0.1, 0.15) is 12.4 Å². The number of pyridine rings is 1.